The largest absolute Gasteiger partial charge is 0.391 e. The highest BCUT2D eigenvalue weighted by atomic mass is 19.4. The number of rotatable bonds is 4. The fourth-order valence-corrected chi connectivity index (χ4v) is 3.07. The van der Waals surface area contributed by atoms with Crippen molar-refractivity contribution in [2.24, 2.45) is 24.6 Å². The van der Waals surface area contributed by atoms with Gasteiger partial charge in [-0.25, -0.2) is 0 Å². The normalized spacial score (nSPS) is 25.6. The summed E-state index contributed by atoms with van der Waals surface area (Å²) in [5, 5.41) is 4.09. The molecule has 0 aliphatic heterocycles. The minimum atomic E-state index is -4.04. The molecule has 0 spiro atoms. The fourth-order valence-electron chi connectivity index (χ4n) is 3.07. The van der Waals surface area contributed by atoms with Crippen LogP contribution in [0.3, 0.4) is 0 Å². The molecule has 1 aliphatic carbocycles. The first-order chi connectivity index (χ1) is 9.38. The van der Waals surface area contributed by atoms with Crippen molar-refractivity contribution in [2.75, 3.05) is 0 Å². The average Bonchev–Trinajstić information content (AvgIpc) is 2.81. The van der Waals surface area contributed by atoms with Crippen molar-refractivity contribution >= 4 is 0 Å². The molecular weight excluding hydrogens is 267 g/mol. The molecule has 1 aromatic heterocycles. The molecule has 1 saturated carbocycles. The van der Waals surface area contributed by atoms with E-state index in [4.69, 9.17) is 5.73 Å². The molecule has 1 aromatic rings. The van der Waals surface area contributed by atoms with Gasteiger partial charge in [0.25, 0.3) is 0 Å². The van der Waals surface area contributed by atoms with Gasteiger partial charge in [-0.1, -0.05) is 0 Å². The summed E-state index contributed by atoms with van der Waals surface area (Å²) >= 11 is 0. The Hall–Kier alpha value is -1.04. The number of aryl methyl sites for hydroxylation is 2. The Morgan fingerprint density at radius 3 is 2.50 bits per heavy atom. The molecule has 0 amide bonds. The molecule has 0 saturated heterocycles. The maximum Gasteiger partial charge on any atom is 0.391 e. The van der Waals surface area contributed by atoms with Crippen molar-refractivity contribution in [3.8, 4) is 0 Å². The van der Waals surface area contributed by atoms with Crippen LogP contribution >= 0.6 is 0 Å². The highest BCUT2D eigenvalue weighted by Gasteiger charge is 2.42. The van der Waals surface area contributed by atoms with E-state index in [1.807, 2.05) is 17.8 Å². The second kappa shape index (κ2) is 6.16. The van der Waals surface area contributed by atoms with Crippen molar-refractivity contribution in [3.63, 3.8) is 0 Å². The molecule has 1 fully saturated rings. The number of halogens is 3. The molecule has 1 atom stereocenters. The molecule has 0 bridgehead atoms. The van der Waals surface area contributed by atoms with E-state index in [1.54, 1.807) is 6.20 Å². The zero-order valence-electron chi connectivity index (χ0n) is 11.7. The van der Waals surface area contributed by atoms with Crippen LogP contribution in [0.15, 0.2) is 12.3 Å². The van der Waals surface area contributed by atoms with E-state index in [0.717, 1.165) is 18.5 Å². The Morgan fingerprint density at radius 2 is 2.00 bits per heavy atom. The standard InChI is InChI=1S/C14H22F3N3/c1-20-12(8-9-19-20)6-7-13(18)10-2-4-11(5-3-10)14(15,16)17/h8-11,13H,2-7,18H2,1H3. The molecule has 3 nitrogen and oxygen atoms in total. The van der Waals surface area contributed by atoms with E-state index in [9.17, 15) is 13.2 Å². The Kier molecular flexibility index (Phi) is 4.73. The van der Waals surface area contributed by atoms with Gasteiger partial charge >= 0.3 is 6.18 Å². The minimum Gasteiger partial charge on any atom is -0.327 e. The average molecular weight is 289 g/mol. The first-order valence-electron chi connectivity index (χ1n) is 7.17. The SMILES string of the molecule is Cn1nccc1CCC(N)C1CCC(C(F)(F)F)CC1. The zero-order valence-corrected chi connectivity index (χ0v) is 11.7. The third-order valence-electron chi connectivity index (χ3n) is 4.50. The Bertz CT molecular complexity index is 420. The van der Waals surface area contributed by atoms with Crippen molar-refractivity contribution in [1.29, 1.82) is 0 Å². The molecule has 2 rings (SSSR count). The topological polar surface area (TPSA) is 43.8 Å². The Labute approximate surface area is 117 Å². The third-order valence-corrected chi connectivity index (χ3v) is 4.50. The highest BCUT2D eigenvalue weighted by molar-refractivity contribution is 5.00. The first-order valence-corrected chi connectivity index (χ1v) is 7.17. The molecule has 1 heterocycles. The first kappa shape index (κ1) is 15.4. The van der Waals surface area contributed by atoms with Crippen LogP contribution in [-0.4, -0.2) is 22.0 Å². The van der Waals surface area contributed by atoms with Gasteiger partial charge in [0.15, 0.2) is 0 Å². The van der Waals surface area contributed by atoms with E-state index in [-0.39, 0.29) is 24.8 Å². The molecule has 0 aromatic carbocycles. The summed E-state index contributed by atoms with van der Waals surface area (Å²) in [7, 11) is 1.88. The predicted molar refractivity (Wildman–Crippen MR) is 71.0 cm³/mol. The van der Waals surface area contributed by atoms with Gasteiger partial charge in [-0.2, -0.15) is 18.3 Å². The molecule has 1 unspecified atom stereocenters. The lowest BCUT2D eigenvalue weighted by Crippen LogP contribution is -2.36. The fraction of sp³-hybridized carbons (Fsp3) is 0.786. The van der Waals surface area contributed by atoms with Gasteiger partial charge < -0.3 is 5.73 Å². The van der Waals surface area contributed by atoms with Crippen LogP contribution in [0.4, 0.5) is 13.2 Å². The van der Waals surface area contributed by atoms with Crippen LogP contribution < -0.4 is 5.73 Å². The Balaban J connectivity index is 1.77. The van der Waals surface area contributed by atoms with Crippen molar-refractivity contribution in [2.45, 2.75) is 50.7 Å². The molecule has 20 heavy (non-hydrogen) atoms. The monoisotopic (exact) mass is 289 g/mol. The van der Waals surface area contributed by atoms with Crippen molar-refractivity contribution in [3.05, 3.63) is 18.0 Å². The molecule has 114 valence electrons. The molecular formula is C14H22F3N3. The number of hydrogen-bond acceptors (Lipinski definition) is 2. The number of hydrogen-bond donors (Lipinski definition) is 1. The number of aromatic nitrogens is 2. The lowest BCUT2D eigenvalue weighted by molar-refractivity contribution is -0.184. The van der Waals surface area contributed by atoms with E-state index >= 15 is 0 Å². The molecule has 0 radical (unpaired) electrons. The zero-order chi connectivity index (χ0) is 14.8. The van der Waals surface area contributed by atoms with Crippen LogP contribution in [0.2, 0.25) is 0 Å². The van der Waals surface area contributed by atoms with Crippen LogP contribution in [0.1, 0.15) is 37.8 Å². The predicted octanol–water partition coefficient (Wildman–Crippen LogP) is 3.05. The van der Waals surface area contributed by atoms with E-state index in [1.165, 1.54) is 0 Å². The lowest BCUT2D eigenvalue weighted by Gasteiger charge is -2.33. The van der Waals surface area contributed by atoms with Gasteiger partial charge in [-0.3, -0.25) is 4.68 Å². The van der Waals surface area contributed by atoms with Crippen LogP contribution in [0.25, 0.3) is 0 Å². The van der Waals surface area contributed by atoms with Crippen LogP contribution in [0, 0.1) is 11.8 Å². The maximum atomic E-state index is 12.6. The second-order valence-electron chi connectivity index (χ2n) is 5.80. The quantitative estimate of drug-likeness (QED) is 0.926. The van der Waals surface area contributed by atoms with Gasteiger partial charge in [0, 0.05) is 25.0 Å². The molecule has 2 N–H and O–H groups in total. The summed E-state index contributed by atoms with van der Waals surface area (Å²) in [4.78, 5) is 0. The Morgan fingerprint density at radius 1 is 1.35 bits per heavy atom. The maximum absolute atomic E-state index is 12.6. The minimum absolute atomic E-state index is 0.0147. The summed E-state index contributed by atoms with van der Waals surface area (Å²) < 4.78 is 39.6. The molecule has 1 aliphatic rings. The van der Waals surface area contributed by atoms with Gasteiger partial charge in [-0.05, 0) is 50.5 Å². The number of nitrogens with two attached hydrogens (primary N) is 1. The van der Waals surface area contributed by atoms with Crippen molar-refractivity contribution in [1.82, 2.24) is 9.78 Å². The lowest BCUT2D eigenvalue weighted by atomic mass is 9.77. The van der Waals surface area contributed by atoms with Gasteiger partial charge in [0.05, 0.1) is 5.92 Å². The van der Waals surface area contributed by atoms with E-state index in [0.29, 0.717) is 12.8 Å². The second-order valence-corrected chi connectivity index (χ2v) is 5.80. The highest BCUT2D eigenvalue weighted by Crippen LogP contribution is 2.40. The summed E-state index contributed by atoms with van der Waals surface area (Å²) in [6.45, 7) is 0. The van der Waals surface area contributed by atoms with E-state index < -0.39 is 12.1 Å². The van der Waals surface area contributed by atoms with Gasteiger partial charge in [-0.15, -0.1) is 0 Å². The summed E-state index contributed by atoms with van der Waals surface area (Å²) in [6, 6.07) is 1.94. The van der Waals surface area contributed by atoms with Gasteiger partial charge in [0.2, 0.25) is 0 Å². The van der Waals surface area contributed by atoms with Crippen molar-refractivity contribution < 1.29 is 13.2 Å². The summed E-state index contributed by atoms with van der Waals surface area (Å²) in [6.07, 6.45) is 0.992. The third kappa shape index (κ3) is 3.75. The smallest absolute Gasteiger partial charge is 0.327 e. The summed E-state index contributed by atoms with van der Waals surface area (Å²) in [5.41, 5.74) is 7.27. The number of nitrogens with zero attached hydrogens (tertiary/aromatic N) is 2. The van der Waals surface area contributed by atoms with E-state index in [2.05, 4.69) is 5.10 Å². The van der Waals surface area contributed by atoms with Gasteiger partial charge in [0.1, 0.15) is 0 Å². The summed E-state index contributed by atoms with van der Waals surface area (Å²) in [5.74, 6) is -0.898. The van der Waals surface area contributed by atoms with Crippen LogP contribution in [-0.2, 0) is 13.5 Å². The van der Waals surface area contributed by atoms with Crippen LogP contribution in [0.5, 0.6) is 0 Å². The number of alkyl halides is 3. The molecule has 6 heteroatoms.